The third-order valence-electron chi connectivity index (χ3n) is 5.19. The maximum atomic E-state index is 6.16. The summed E-state index contributed by atoms with van der Waals surface area (Å²) in [5.41, 5.74) is 1.75. The van der Waals surface area contributed by atoms with E-state index in [4.69, 9.17) is 14.7 Å². The van der Waals surface area contributed by atoms with Crippen LogP contribution >= 0.6 is 0 Å². The summed E-state index contributed by atoms with van der Waals surface area (Å²) < 4.78 is 8.08. The fourth-order valence-electron chi connectivity index (χ4n) is 3.75. The lowest BCUT2D eigenvalue weighted by Crippen LogP contribution is -2.25. The molecule has 1 aliphatic rings. The molecule has 0 aliphatic carbocycles. The number of anilines is 1. The van der Waals surface area contributed by atoms with Gasteiger partial charge < -0.3 is 9.64 Å². The van der Waals surface area contributed by atoms with Crippen molar-refractivity contribution in [1.82, 2.24) is 24.7 Å². The van der Waals surface area contributed by atoms with Crippen LogP contribution in [0, 0.1) is 0 Å². The second-order valence-corrected chi connectivity index (χ2v) is 7.10. The van der Waals surface area contributed by atoms with Gasteiger partial charge in [-0.15, -0.1) is 0 Å². The van der Waals surface area contributed by atoms with Gasteiger partial charge in [-0.3, -0.25) is 4.98 Å². The summed E-state index contributed by atoms with van der Waals surface area (Å²) >= 11 is 0. The third kappa shape index (κ3) is 3.40. The lowest BCUT2D eigenvalue weighted by Gasteiger charge is -2.19. The van der Waals surface area contributed by atoms with E-state index >= 15 is 0 Å². The van der Waals surface area contributed by atoms with Crippen LogP contribution < -0.4 is 9.64 Å². The molecule has 0 saturated carbocycles. The molecule has 5 rings (SSSR count). The summed E-state index contributed by atoms with van der Waals surface area (Å²) in [6.45, 7) is 4.49. The SMILES string of the molecule is CCn1ncc2c(N3CC[C@@H](Oc4ccccc4)C3)nc(-c3cccnc3)nc21. The van der Waals surface area contributed by atoms with E-state index in [2.05, 4.69) is 21.9 Å². The van der Waals surface area contributed by atoms with Crippen LogP contribution in [0.15, 0.2) is 61.1 Å². The van der Waals surface area contributed by atoms with E-state index in [9.17, 15) is 0 Å². The van der Waals surface area contributed by atoms with Crippen molar-refractivity contribution in [3.05, 3.63) is 61.1 Å². The molecule has 0 amide bonds. The second-order valence-electron chi connectivity index (χ2n) is 7.10. The molecule has 4 aromatic rings. The van der Waals surface area contributed by atoms with Crippen LogP contribution in [0.25, 0.3) is 22.4 Å². The predicted octanol–water partition coefficient (Wildman–Crippen LogP) is 3.57. The van der Waals surface area contributed by atoms with Crippen molar-refractivity contribution in [3.8, 4) is 17.1 Å². The average molecular weight is 386 g/mol. The van der Waals surface area contributed by atoms with Crippen LogP contribution in [0.1, 0.15) is 13.3 Å². The monoisotopic (exact) mass is 386 g/mol. The number of benzene rings is 1. The van der Waals surface area contributed by atoms with Gasteiger partial charge in [-0.1, -0.05) is 18.2 Å². The van der Waals surface area contributed by atoms with Crippen LogP contribution in [0.3, 0.4) is 0 Å². The van der Waals surface area contributed by atoms with Crippen molar-refractivity contribution < 1.29 is 4.74 Å². The largest absolute Gasteiger partial charge is 0.489 e. The summed E-state index contributed by atoms with van der Waals surface area (Å²) in [6, 6.07) is 13.9. The number of hydrogen-bond donors (Lipinski definition) is 0. The smallest absolute Gasteiger partial charge is 0.165 e. The molecule has 7 heteroatoms. The van der Waals surface area contributed by atoms with E-state index in [0.29, 0.717) is 5.82 Å². The van der Waals surface area contributed by atoms with Gasteiger partial charge in [0.15, 0.2) is 11.5 Å². The first-order chi connectivity index (χ1) is 14.3. The molecule has 1 aromatic carbocycles. The maximum absolute atomic E-state index is 6.16. The molecule has 0 radical (unpaired) electrons. The van der Waals surface area contributed by atoms with Crippen LogP contribution in [-0.2, 0) is 6.54 Å². The van der Waals surface area contributed by atoms with Crippen molar-refractivity contribution in [2.24, 2.45) is 0 Å². The Labute approximate surface area is 169 Å². The lowest BCUT2D eigenvalue weighted by molar-refractivity contribution is 0.225. The minimum Gasteiger partial charge on any atom is -0.489 e. The number of aryl methyl sites for hydroxylation is 1. The zero-order valence-corrected chi connectivity index (χ0v) is 16.3. The van der Waals surface area contributed by atoms with Gasteiger partial charge in [-0.05, 0) is 31.2 Å². The Morgan fingerprint density at radius 2 is 1.97 bits per heavy atom. The van der Waals surface area contributed by atoms with Crippen molar-refractivity contribution in [3.63, 3.8) is 0 Å². The zero-order valence-electron chi connectivity index (χ0n) is 16.3. The molecular weight excluding hydrogens is 364 g/mol. The number of rotatable bonds is 5. The molecule has 146 valence electrons. The van der Waals surface area contributed by atoms with Crippen LogP contribution in [0.5, 0.6) is 5.75 Å². The van der Waals surface area contributed by atoms with Gasteiger partial charge in [0.05, 0.1) is 18.1 Å². The van der Waals surface area contributed by atoms with Gasteiger partial charge >= 0.3 is 0 Å². The molecular formula is C22H22N6O. The minimum absolute atomic E-state index is 0.130. The predicted molar refractivity (Wildman–Crippen MR) is 112 cm³/mol. The van der Waals surface area contributed by atoms with E-state index in [0.717, 1.165) is 54.2 Å². The van der Waals surface area contributed by atoms with Crippen molar-refractivity contribution in [2.75, 3.05) is 18.0 Å². The van der Waals surface area contributed by atoms with E-state index < -0.39 is 0 Å². The molecule has 29 heavy (non-hydrogen) atoms. The topological polar surface area (TPSA) is 69.0 Å². The number of pyridine rings is 1. The Morgan fingerprint density at radius 3 is 2.76 bits per heavy atom. The molecule has 1 saturated heterocycles. The van der Waals surface area contributed by atoms with Gasteiger partial charge in [0.2, 0.25) is 0 Å². The first-order valence-electron chi connectivity index (χ1n) is 9.92. The fraction of sp³-hybridized carbons (Fsp3) is 0.273. The molecule has 0 spiro atoms. The highest BCUT2D eigenvalue weighted by molar-refractivity contribution is 5.88. The number of aromatic nitrogens is 5. The Morgan fingerprint density at radius 1 is 1.07 bits per heavy atom. The normalized spacial score (nSPS) is 16.4. The summed E-state index contributed by atoms with van der Waals surface area (Å²) in [6.07, 6.45) is 6.50. The summed E-state index contributed by atoms with van der Waals surface area (Å²) in [5.74, 6) is 2.48. The first kappa shape index (κ1) is 17.6. The van der Waals surface area contributed by atoms with Gasteiger partial charge in [0.25, 0.3) is 0 Å². The molecule has 7 nitrogen and oxygen atoms in total. The van der Waals surface area contributed by atoms with Crippen LogP contribution in [-0.4, -0.2) is 43.9 Å². The highest BCUT2D eigenvalue weighted by atomic mass is 16.5. The Balaban J connectivity index is 1.50. The number of ether oxygens (including phenoxy) is 1. The Bertz CT molecular complexity index is 1110. The summed E-state index contributed by atoms with van der Waals surface area (Å²) in [4.78, 5) is 16.2. The van der Waals surface area contributed by atoms with Crippen LogP contribution in [0.2, 0.25) is 0 Å². The van der Waals surface area contributed by atoms with Crippen molar-refractivity contribution >= 4 is 16.9 Å². The van der Waals surface area contributed by atoms with Gasteiger partial charge in [0.1, 0.15) is 17.7 Å². The molecule has 1 fully saturated rings. The van der Waals surface area contributed by atoms with Gasteiger partial charge in [-0.2, -0.15) is 5.10 Å². The summed E-state index contributed by atoms with van der Waals surface area (Å²) in [5, 5.41) is 5.48. The fourth-order valence-corrected chi connectivity index (χ4v) is 3.75. The molecule has 0 N–H and O–H groups in total. The van der Waals surface area contributed by atoms with Crippen molar-refractivity contribution in [1.29, 1.82) is 0 Å². The zero-order chi connectivity index (χ0) is 19.6. The first-order valence-corrected chi connectivity index (χ1v) is 9.92. The minimum atomic E-state index is 0.130. The van der Waals surface area contributed by atoms with E-state index in [1.807, 2.05) is 53.3 Å². The van der Waals surface area contributed by atoms with Crippen molar-refractivity contribution in [2.45, 2.75) is 26.0 Å². The average Bonchev–Trinajstić information content (AvgIpc) is 3.41. The molecule has 1 atom stereocenters. The van der Waals surface area contributed by atoms with E-state index in [1.54, 1.807) is 12.4 Å². The second kappa shape index (κ2) is 7.50. The maximum Gasteiger partial charge on any atom is 0.165 e. The molecule has 1 aliphatic heterocycles. The number of hydrogen-bond acceptors (Lipinski definition) is 6. The summed E-state index contributed by atoms with van der Waals surface area (Å²) in [7, 11) is 0. The number of fused-ring (bicyclic) bond motifs is 1. The van der Waals surface area contributed by atoms with E-state index in [1.165, 1.54) is 0 Å². The van der Waals surface area contributed by atoms with Gasteiger partial charge in [-0.25, -0.2) is 14.6 Å². The highest BCUT2D eigenvalue weighted by Gasteiger charge is 2.28. The van der Waals surface area contributed by atoms with E-state index in [-0.39, 0.29) is 6.10 Å². The quantitative estimate of drug-likeness (QED) is 0.522. The van der Waals surface area contributed by atoms with Gasteiger partial charge in [0, 0.05) is 37.5 Å². The molecule has 3 aromatic heterocycles. The number of nitrogens with zero attached hydrogens (tertiary/aromatic N) is 6. The number of para-hydroxylation sites is 1. The standard InChI is InChI=1S/C22H22N6O/c1-2-28-22-19(14-24-28)21(25-20(26-22)16-7-6-11-23-13-16)27-12-10-18(15-27)29-17-8-4-3-5-9-17/h3-9,11,13-14,18H,2,10,12,15H2,1H3/t18-/m1/s1. The lowest BCUT2D eigenvalue weighted by atomic mass is 10.2. The Hall–Kier alpha value is -3.48. The molecule has 4 heterocycles. The Kier molecular flexibility index (Phi) is 4.56. The van der Waals surface area contributed by atoms with Crippen LogP contribution in [0.4, 0.5) is 5.82 Å². The molecule has 0 unspecified atom stereocenters. The highest BCUT2D eigenvalue weighted by Crippen LogP contribution is 2.30. The third-order valence-corrected chi connectivity index (χ3v) is 5.19. The molecule has 0 bridgehead atoms.